The van der Waals surface area contributed by atoms with Crippen LogP contribution in [0, 0.1) is 0 Å². The monoisotopic (exact) mass is 664 g/mol. The molecule has 0 aromatic heterocycles. The van der Waals surface area contributed by atoms with Crippen LogP contribution in [0.1, 0.15) is 61.6 Å². The lowest BCUT2D eigenvalue weighted by molar-refractivity contribution is -0.175. The van der Waals surface area contributed by atoms with Gasteiger partial charge in [0.1, 0.15) is 18.7 Å². The Balaban J connectivity index is 1.55. The largest absolute Gasteiger partial charge is 0.453 e. The van der Waals surface area contributed by atoms with Crippen molar-refractivity contribution >= 4 is 20.4 Å². The van der Waals surface area contributed by atoms with Crippen molar-refractivity contribution in [3.63, 3.8) is 0 Å². The van der Waals surface area contributed by atoms with Gasteiger partial charge in [0.25, 0.3) is 0 Å². The third-order valence-corrected chi connectivity index (χ3v) is 14.1. The molecule has 4 aromatic carbocycles. The minimum atomic E-state index is -2.08. The van der Waals surface area contributed by atoms with E-state index in [2.05, 4.69) is 39.2 Å². The van der Waals surface area contributed by atoms with E-state index in [1.165, 1.54) is 0 Å². The number of carbonyl (C=O) groups excluding carboxylic acids is 2. The second-order valence-electron chi connectivity index (χ2n) is 13.9. The third-order valence-electron chi connectivity index (χ3n) is 9.55. The molecule has 1 saturated heterocycles. The maximum absolute atomic E-state index is 14.5. The van der Waals surface area contributed by atoms with Gasteiger partial charge in [-0.2, -0.15) is 0 Å². The molecule has 48 heavy (non-hydrogen) atoms. The molecule has 8 heteroatoms. The molecule has 4 aromatic rings. The van der Waals surface area contributed by atoms with Gasteiger partial charge in [-0.15, -0.1) is 0 Å². The van der Waals surface area contributed by atoms with Crippen molar-refractivity contribution in [3.05, 3.63) is 144 Å². The summed E-state index contributed by atoms with van der Waals surface area (Å²) in [5.41, 5.74) is 3.57. The standard InChI is InChI=1S/C40H48N2O5Si/c1-40(2,3)48(4,5)46-27-26-34(41-28-30-18-10-6-11-19-30)36-38(43)47-37(33-24-16-9-17-25-33)35(32-22-14-8-15-23-32)42(36)39(44)45-29-31-20-12-7-13-21-31/h6-25,34-37,41H,26-29H2,1-5H3/t34?,35-,36-,37+/m0/s1. The Hall–Kier alpha value is -4.24. The van der Waals surface area contributed by atoms with Gasteiger partial charge in [0.05, 0.1) is 0 Å². The summed E-state index contributed by atoms with van der Waals surface area (Å²) >= 11 is 0. The van der Waals surface area contributed by atoms with E-state index >= 15 is 0 Å². The van der Waals surface area contributed by atoms with Gasteiger partial charge in [-0.3, -0.25) is 4.90 Å². The maximum atomic E-state index is 14.5. The van der Waals surface area contributed by atoms with Crippen LogP contribution in [0.4, 0.5) is 4.79 Å². The Kier molecular flexibility index (Phi) is 11.5. The first-order valence-corrected chi connectivity index (χ1v) is 19.7. The minimum Gasteiger partial charge on any atom is -0.453 e. The molecule has 0 spiro atoms. The zero-order valence-corrected chi connectivity index (χ0v) is 29.7. The second-order valence-corrected chi connectivity index (χ2v) is 18.7. The quantitative estimate of drug-likeness (QED) is 0.121. The van der Waals surface area contributed by atoms with Gasteiger partial charge in [-0.25, -0.2) is 9.59 Å². The van der Waals surface area contributed by atoms with Gasteiger partial charge in [-0.05, 0) is 46.8 Å². The molecule has 4 atom stereocenters. The number of morpholine rings is 1. The van der Waals surface area contributed by atoms with Crippen LogP contribution in [0.3, 0.4) is 0 Å². The molecular weight excluding hydrogens is 617 g/mol. The fraction of sp³-hybridized carbons (Fsp3) is 0.350. The number of hydrogen-bond donors (Lipinski definition) is 1. The van der Waals surface area contributed by atoms with Crippen LogP contribution in [-0.2, 0) is 31.8 Å². The number of amides is 1. The third kappa shape index (κ3) is 8.61. The highest BCUT2D eigenvalue weighted by Gasteiger charge is 2.51. The predicted molar refractivity (Wildman–Crippen MR) is 192 cm³/mol. The van der Waals surface area contributed by atoms with Crippen LogP contribution < -0.4 is 5.32 Å². The zero-order valence-electron chi connectivity index (χ0n) is 28.7. The molecule has 1 amide bonds. The summed E-state index contributed by atoms with van der Waals surface area (Å²) < 4.78 is 19.0. The van der Waals surface area contributed by atoms with Crippen molar-refractivity contribution in [2.75, 3.05) is 6.61 Å². The Morgan fingerprint density at radius 2 is 1.33 bits per heavy atom. The highest BCUT2D eigenvalue weighted by molar-refractivity contribution is 6.74. The van der Waals surface area contributed by atoms with Gasteiger partial charge in [0, 0.05) is 19.2 Å². The molecule has 5 rings (SSSR count). The fourth-order valence-corrected chi connectivity index (χ4v) is 6.88. The van der Waals surface area contributed by atoms with Crippen LogP contribution in [0.2, 0.25) is 18.1 Å². The SMILES string of the molecule is CC(C)(C)[Si](C)(C)OCCC(NCc1ccccc1)[C@H]1C(=O)O[C@H](c2ccccc2)[C@H](c2ccccc2)N1C(=O)OCc1ccccc1. The average molecular weight is 665 g/mol. The topological polar surface area (TPSA) is 77.1 Å². The van der Waals surface area contributed by atoms with Crippen LogP contribution >= 0.6 is 0 Å². The summed E-state index contributed by atoms with van der Waals surface area (Å²) in [6.45, 7) is 12.1. The van der Waals surface area contributed by atoms with E-state index < -0.39 is 44.6 Å². The van der Waals surface area contributed by atoms with Crippen molar-refractivity contribution in [2.24, 2.45) is 0 Å². The van der Waals surface area contributed by atoms with Gasteiger partial charge in [-0.1, -0.05) is 142 Å². The summed E-state index contributed by atoms with van der Waals surface area (Å²) in [4.78, 5) is 30.5. The molecule has 1 N–H and O–H groups in total. The molecule has 7 nitrogen and oxygen atoms in total. The molecule has 1 unspecified atom stereocenters. The molecule has 1 fully saturated rings. The van der Waals surface area contributed by atoms with Gasteiger partial charge >= 0.3 is 12.1 Å². The van der Waals surface area contributed by atoms with E-state index in [-0.39, 0.29) is 11.6 Å². The zero-order chi connectivity index (χ0) is 34.1. The van der Waals surface area contributed by atoms with Crippen LogP contribution in [-0.4, -0.2) is 44.0 Å². The van der Waals surface area contributed by atoms with Gasteiger partial charge in [0.15, 0.2) is 14.4 Å². The van der Waals surface area contributed by atoms with Crippen molar-refractivity contribution < 1.29 is 23.5 Å². The lowest BCUT2D eigenvalue weighted by Gasteiger charge is -2.47. The number of rotatable bonds is 12. The summed E-state index contributed by atoms with van der Waals surface area (Å²) in [5.74, 6) is -0.481. The maximum Gasteiger partial charge on any atom is 0.411 e. The molecule has 0 radical (unpaired) electrons. The van der Waals surface area contributed by atoms with E-state index in [0.717, 1.165) is 22.3 Å². The van der Waals surface area contributed by atoms with Crippen LogP contribution in [0.15, 0.2) is 121 Å². The van der Waals surface area contributed by atoms with E-state index in [9.17, 15) is 9.59 Å². The van der Waals surface area contributed by atoms with Crippen molar-refractivity contribution in [3.8, 4) is 0 Å². The summed E-state index contributed by atoms with van der Waals surface area (Å²) in [6.07, 6.45) is -0.828. The van der Waals surface area contributed by atoms with Crippen LogP contribution in [0.5, 0.6) is 0 Å². The Morgan fingerprint density at radius 3 is 1.90 bits per heavy atom. The smallest absolute Gasteiger partial charge is 0.411 e. The summed E-state index contributed by atoms with van der Waals surface area (Å²) in [7, 11) is -2.08. The normalized spacial score (nSPS) is 19.0. The predicted octanol–water partition coefficient (Wildman–Crippen LogP) is 8.60. The average Bonchev–Trinajstić information content (AvgIpc) is 3.09. The molecule has 1 aliphatic heterocycles. The first-order valence-electron chi connectivity index (χ1n) is 16.8. The summed E-state index contributed by atoms with van der Waals surface area (Å²) in [5, 5.41) is 3.66. The van der Waals surface area contributed by atoms with E-state index in [4.69, 9.17) is 13.9 Å². The Labute approximate surface area is 286 Å². The number of ether oxygens (including phenoxy) is 2. The number of carbonyl (C=O) groups is 2. The highest BCUT2D eigenvalue weighted by Crippen LogP contribution is 2.44. The molecule has 1 aliphatic rings. The molecule has 0 saturated carbocycles. The lowest BCUT2D eigenvalue weighted by atomic mass is 9.89. The number of hydrogen-bond acceptors (Lipinski definition) is 6. The summed E-state index contributed by atoms with van der Waals surface area (Å²) in [6, 6.07) is 36.9. The molecule has 252 valence electrons. The Bertz CT molecular complexity index is 1600. The number of benzene rings is 4. The van der Waals surface area contributed by atoms with E-state index in [1.807, 2.05) is 121 Å². The van der Waals surface area contributed by atoms with Crippen molar-refractivity contribution in [2.45, 2.75) is 82.7 Å². The van der Waals surface area contributed by atoms with E-state index in [0.29, 0.717) is 19.6 Å². The first kappa shape index (κ1) is 35.1. The van der Waals surface area contributed by atoms with Gasteiger partial charge in [0.2, 0.25) is 0 Å². The number of esters is 1. The molecule has 0 aliphatic carbocycles. The van der Waals surface area contributed by atoms with Gasteiger partial charge < -0.3 is 19.2 Å². The van der Waals surface area contributed by atoms with Crippen molar-refractivity contribution in [1.82, 2.24) is 10.2 Å². The fourth-order valence-electron chi connectivity index (χ4n) is 5.82. The second kappa shape index (κ2) is 15.8. The first-order chi connectivity index (χ1) is 23.0. The van der Waals surface area contributed by atoms with Crippen LogP contribution in [0.25, 0.3) is 0 Å². The Morgan fingerprint density at radius 1 is 0.812 bits per heavy atom. The number of cyclic esters (lactones) is 1. The molecular formula is C40H48N2O5Si. The number of nitrogens with one attached hydrogen (secondary N) is 1. The van der Waals surface area contributed by atoms with Crippen molar-refractivity contribution in [1.29, 1.82) is 0 Å². The molecule has 1 heterocycles. The lowest BCUT2D eigenvalue weighted by Crippen LogP contribution is -2.62. The highest BCUT2D eigenvalue weighted by atomic mass is 28.4. The van der Waals surface area contributed by atoms with E-state index in [1.54, 1.807) is 4.90 Å². The number of nitrogens with zero attached hydrogens (tertiary/aromatic N) is 1. The minimum absolute atomic E-state index is 0.0261. The molecule has 0 bridgehead atoms.